The fourth-order valence-electron chi connectivity index (χ4n) is 6.08. The number of hydrogen-bond donors (Lipinski definition) is 12. The fraction of sp³-hybridized carbons (Fsp3) is 1.00. The van der Waals surface area contributed by atoms with E-state index in [0.29, 0.717) is 0 Å². The molecule has 21 nitrogen and oxygen atoms in total. The van der Waals surface area contributed by atoms with E-state index in [0.717, 1.165) is 0 Å². The highest BCUT2D eigenvalue weighted by atomic mass is 16.8. The zero-order valence-electron chi connectivity index (χ0n) is 25.9. The molecule has 0 aliphatic carbocycles. The van der Waals surface area contributed by atoms with Crippen molar-refractivity contribution in [1.29, 1.82) is 0 Å². The van der Waals surface area contributed by atoms with Crippen LogP contribution in [0.15, 0.2) is 0 Å². The van der Waals surface area contributed by atoms with E-state index in [9.17, 15) is 61.3 Å². The van der Waals surface area contributed by atoms with Crippen molar-refractivity contribution in [3.8, 4) is 0 Å². The standard InChI is InChI=1S/C27H46O21/c1-6-11(30)14(33)22(23(39)43-6)48-27-18(37)15(34)20(7(2)44-27)46-26-19(38)21(9(29)4-41-26)47-25-17(36)13(32)10(5-42-25)45-24-16(35)12(31)8(28)3-40-24/h6-39H,3-5H2,1-2H3/t6-,7+,8+,9-,10+,11+,12+,13+,14+,15+,16-,17-,18-,19-,20+,21+,22-,23-,24+,25+,26+,27+/m1/s1. The maximum Gasteiger partial charge on any atom is 0.187 e. The summed E-state index contributed by atoms with van der Waals surface area (Å²) < 4.78 is 49.0. The quantitative estimate of drug-likeness (QED) is 0.111. The van der Waals surface area contributed by atoms with Crippen molar-refractivity contribution in [2.24, 2.45) is 0 Å². The van der Waals surface area contributed by atoms with Gasteiger partial charge in [-0.15, -0.1) is 0 Å². The molecule has 0 radical (unpaired) electrons. The minimum absolute atomic E-state index is 0.367. The van der Waals surface area contributed by atoms with Crippen molar-refractivity contribution in [3.05, 3.63) is 0 Å². The van der Waals surface area contributed by atoms with Crippen LogP contribution in [-0.4, -0.2) is 216 Å². The third kappa shape index (κ3) is 7.81. The summed E-state index contributed by atoms with van der Waals surface area (Å²) in [6.07, 6.45) is -33.9. The minimum Gasteiger partial charge on any atom is -0.388 e. The Bertz CT molecular complexity index is 1030. The first-order chi connectivity index (χ1) is 22.6. The molecule has 5 fully saturated rings. The second-order valence-electron chi connectivity index (χ2n) is 12.6. The third-order valence-electron chi connectivity index (χ3n) is 9.08. The number of aliphatic hydroxyl groups is 12. The maximum atomic E-state index is 11.0. The SMILES string of the molecule is C[C@@H]1O[C@@H](O[C@@H]2[C@@H](O)[C@@H](O)[C@@H](C)O[C@H]2O)[C@H](O)[C@H](O)[C@H]1O[C@@H]1OC[C@@H](O)[C@H](O[C@@H]2OC[C@H](O[C@@H]3OC[C@H](O)[C@H](O)[C@H]3O)[C@H](O)[C@H]2O)[C@H]1O. The van der Waals surface area contributed by atoms with Crippen molar-refractivity contribution in [1.82, 2.24) is 0 Å². The zero-order chi connectivity index (χ0) is 35.2. The second kappa shape index (κ2) is 15.8. The lowest BCUT2D eigenvalue weighted by molar-refractivity contribution is -0.379. The molecule has 0 amide bonds. The van der Waals surface area contributed by atoms with E-state index in [1.807, 2.05) is 0 Å². The molecule has 5 aliphatic heterocycles. The van der Waals surface area contributed by atoms with Crippen LogP contribution >= 0.6 is 0 Å². The summed E-state index contributed by atoms with van der Waals surface area (Å²) in [5.41, 5.74) is 0. The number of rotatable bonds is 8. The van der Waals surface area contributed by atoms with E-state index in [1.54, 1.807) is 0 Å². The van der Waals surface area contributed by atoms with Gasteiger partial charge < -0.3 is 104 Å². The molecule has 0 aromatic carbocycles. The van der Waals surface area contributed by atoms with Gasteiger partial charge in [0.25, 0.3) is 0 Å². The predicted octanol–water partition coefficient (Wildman–Crippen LogP) is -7.95. The van der Waals surface area contributed by atoms with E-state index in [1.165, 1.54) is 13.8 Å². The largest absolute Gasteiger partial charge is 0.388 e. The summed E-state index contributed by atoms with van der Waals surface area (Å²) >= 11 is 0. The van der Waals surface area contributed by atoms with Gasteiger partial charge in [-0.05, 0) is 13.8 Å². The smallest absolute Gasteiger partial charge is 0.187 e. The van der Waals surface area contributed by atoms with Crippen LogP contribution in [0, 0.1) is 0 Å². The van der Waals surface area contributed by atoms with Crippen molar-refractivity contribution in [3.63, 3.8) is 0 Å². The van der Waals surface area contributed by atoms with E-state index in [-0.39, 0.29) is 6.61 Å². The van der Waals surface area contributed by atoms with Crippen LogP contribution in [0.2, 0.25) is 0 Å². The van der Waals surface area contributed by atoms with Crippen LogP contribution in [0.3, 0.4) is 0 Å². The minimum atomic E-state index is -1.84. The van der Waals surface area contributed by atoms with E-state index in [4.69, 9.17) is 42.6 Å². The van der Waals surface area contributed by atoms with Crippen LogP contribution in [0.5, 0.6) is 0 Å². The van der Waals surface area contributed by atoms with Gasteiger partial charge in [0.1, 0.15) is 91.6 Å². The molecular formula is C27H46O21. The Morgan fingerprint density at radius 2 is 0.896 bits per heavy atom. The summed E-state index contributed by atoms with van der Waals surface area (Å²) in [6, 6.07) is 0. The molecule has 0 aromatic heterocycles. The molecule has 280 valence electrons. The lowest BCUT2D eigenvalue weighted by Crippen LogP contribution is -2.65. The summed E-state index contributed by atoms with van der Waals surface area (Å²) in [7, 11) is 0. The molecule has 0 bridgehead atoms. The topological polar surface area (TPSA) is 326 Å². The molecule has 0 spiro atoms. The van der Waals surface area contributed by atoms with E-state index < -0.39 is 148 Å². The average Bonchev–Trinajstić information content (AvgIpc) is 3.04. The van der Waals surface area contributed by atoms with Gasteiger partial charge in [0, 0.05) is 0 Å². The predicted molar refractivity (Wildman–Crippen MR) is 146 cm³/mol. The van der Waals surface area contributed by atoms with Crippen LogP contribution in [-0.2, 0) is 42.6 Å². The van der Waals surface area contributed by atoms with Gasteiger partial charge in [0.05, 0.1) is 32.0 Å². The average molecular weight is 707 g/mol. The Hall–Kier alpha value is -0.840. The molecule has 48 heavy (non-hydrogen) atoms. The molecule has 0 aromatic rings. The second-order valence-corrected chi connectivity index (χ2v) is 12.6. The van der Waals surface area contributed by atoms with Crippen LogP contribution < -0.4 is 0 Å². The van der Waals surface area contributed by atoms with Gasteiger partial charge in [-0.25, -0.2) is 0 Å². The van der Waals surface area contributed by atoms with E-state index in [2.05, 4.69) is 0 Å². The third-order valence-corrected chi connectivity index (χ3v) is 9.08. The molecule has 5 rings (SSSR count). The molecule has 22 atom stereocenters. The van der Waals surface area contributed by atoms with Gasteiger partial charge in [-0.2, -0.15) is 0 Å². The highest BCUT2D eigenvalue weighted by Gasteiger charge is 2.53. The van der Waals surface area contributed by atoms with Crippen molar-refractivity contribution >= 4 is 0 Å². The van der Waals surface area contributed by atoms with Gasteiger partial charge >= 0.3 is 0 Å². The molecule has 21 heteroatoms. The molecule has 5 aliphatic rings. The molecular weight excluding hydrogens is 660 g/mol. The normalized spacial score (nSPS) is 55.4. The summed E-state index contributed by atoms with van der Waals surface area (Å²) in [4.78, 5) is 0. The molecule has 12 N–H and O–H groups in total. The van der Waals surface area contributed by atoms with Gasteiger partial charge in [-0.3, -0.25) is 0 Å². The van der Waals surface area contributed by atoms with Crippen molar-refractivity contribution < 1.29 is 104 Å². The van der Waals surface area contributed by atoms with Crippen LogP contribution in [0.1, 0.15) is 13.8 Å². The summed E-state index contributed by atoms with van der Waals surface area (Å²) in [5.74, 6) is 0. The Kier molecular flexibility index (Phi) is 12.6. The zero-order valence-corrected chi connectivity index (χ0v) is 25.9. The first-order valence-electron chi connectivity index (χ1n) is 15.5. The van der Waals surface area contributed by atoms with Crippen molar-refractivity contribution in [2.45, 2.75) is 149 Å². The lowest BCUT2D eigenvalue weighted by atomic mass is 9.97. The Labute approximate surface area is 273 Å². The lowest BCUT2D eigenvalue weighted by Gasteiger charge is -2.47. The highest BCUT2D eigenvalue weighted by Crippen LogP contribution is 2.33. The van der Waals surface area contributed by atoms with Gasteiger partial charge in [-0.1, -0.05) is 0 Å². The highest BCUT2D eigenvalue weighted by molar-refractivity contribution is 4.95. The molecule has 5 heterocycles. The number of aliphatic hydroxyl groups excluding tert-OH is 12. The first kappa shape index (κ1) is 38.4. The van der Waals surface area contributed by atoms with Crippen LogP contribution in [0.4, 0.5) is 0 Å². The number of hydrogen-bond acceptors (Lipinski definition) is 21. The fourth-order valence-corrected chi connectivity index (χ4v) is 6.08. The maximum absolute atomic E-state index is 11.0. The molecule has 5 saturated heterocycles. The Morgan fingerprint density at radius 3 is 1.58 bits per heavy atom. The van der Waals surface area contributed by atoms with Gasteiger partial charge in [0.2, 0.25) is 0 Å². The van der Waals surface area contributed by atoms with E-state index >= 15 is 0 Å². The first-order valence-corrected chi connectivity index (χ1v) is 15.5. The monoisotopic (exact) mass is 706 g/mol. The Morgan fingerprint density at radius 1 is 0.396 bits per heavy atom. The van der Waals surface area contributed by atoms with Gasteiger partial charge in [0.15, 0.2) is 31.5 Å². The van der Waals surface area contributed by atoms with Crippen LogP contribution in [0.25, 0.3) is 0 Å². The summed E-state index contributed by atoms with van der Waals surface area (Å²) in [5, 5.41) is 125. The number of ether oxygens (including phenoxy) is 9. The summed E-state index contributed by atoms with van der Waals surface area (Å²) in [6.45, 7) is 1.56. The molecule has 0 unspecified atom stereocenters. The van der Waals surface area contributed by atoms with Crippen molar-refractivity contribution in [2.75, 3.05) is 19.8 Å². The molecule has 0 saturated carbocycles. The Balaban J connectivity index is 1.16.